The Bertz CT molecular complexity index is 551. The maximum absolute atomic E-state index is 12.5. The van der Waals surface area contributed by atoms with Crippen molar-refractivity contribution in [3.05, 3.63) is 0 Å². The first kappa shape index (κ1) is 19.2. The Morgan fingerprint density at radius 2 is 1.83 bits per heavy atom. The molecule has 1 atom stereocenters. The summed E-state index contributed by atoms with van der Waals surface area (Å²) in [6.07, 6.45) is 5.29. The molecule has 0 aromatic carbocycles. The summed E-state index contributed by atoms with van der Waals surface area (Å²) in [4.78, 5) is 26.0. The smallest absolute Gasteiger partial charge is 0.306 e. The van der Waals surface area contributed by atoms with E-state index in [-0.39, 0.29) is 41.9 Å². The number of hydrogen-bond acceptors (Lipinski definition) is 5. The monoisotopic (exact) mass is 359 g/mol. The third-order valence-electron chi connectivity index (χ3n) is 4.82. The van der Waals surface area contributed by atoms with Crippen LogP contribution in [0.25, 0.3) is 0 Å². The van der Waals surface area contributed by atoms with Gasteiger partial charge in [0, 0.05) is 19.0 Å². The largest absolute Gasteiger partial charge is 0.456 e. The van der Waals surface area contributed by atoms with Crippen LogP contribution in [0.5, 0.6) is 0 Å². The first-order chi connectivity index (χ1) is 11.3. The van der Waals surface area contributed by atoms with E-state index in [1.165, 1.54) is 0 Å². The van der Waals surface area contributed by atoms with Gasteiger partial charge in [-0.1, -0.05) is 26.7 Å². The second-order valence-electron chi connectivity index (χ2n) is 7.51. The lowest BCUT2D eigenvalue weighted by Gasteiger charge is -2.29. The van der Waals surface area contributed by atoms with Crippen molar-refractivity contribution in [1.82, 2.24) is 4.90 Å². The number of hydrogen-bond donors (Lipinski definition) is 0. The Balaban J connectivity index is 1.86. The van der Waals surface area contributed by atoms with E-state index in [2.05, 4.69) is 0 Å². The van der Waals surface area contributed by atoms with Crippen LogP contribution in [0.15, 0.2) is 0 Å². The molecule has 1 aliphatic carbocycles. The van der Waals surface area contributed by atoms with Crippen LogP contribution in [0.2, 0.25) is 0 Å². The van der Waals surface area contributed by atoms with E-state index in [1.54, 1.807) is 4.90 Å². The summed E-state index contributed by atoms with van der Waals surface area (Å²) in [5.74, 6) is 0.151. The third-order valence-corrected chi connectivity index (χ3v) is 6.57. The zero-order valence-corrected chi connectivity index (χ0v) is 15.5. The molecule has 2 fully saturated rings. The number of ether oxygens (including phenoxy) is 1. The fourth-order valence-corrected chi connectivity index (χ4v) is 5.33. The zero-order valence-electron chi connectivity index (χ0n) is 14.7. The van der Waals surface area contributed by atoms with E-state index in [0.29, 0.717) is 25.3 Å². The minimum Gasteiger partial charge on any atom is -0.456 e. The fourth-order valence-electron chi connectivity index (χ4n) is 3.60. The van der Waals surface area contributed by atoms with Gasteiger partial charge in [-0.2, -0.15) is 0 Å². The normalized spacial score (nSPS) is 23.5. The summed E-state index contributed by atoms with van der Waals surface area (Å²) in [5.41, 5.74) is 0. The van der Waals surface area contributed by atoms with Crippen molar-refractivity contribution in [1.29, 1.82) is 0 Å². The van der Waals surface area contributed by atoms with Crippen molar-refractivity contribution in [2.24, 2.45) is 11.8 Å². The van der Waals surface area contributed by atoms with Crippen LogP contribution in [0.3, 0.4) is 0 Å². The molecule has 2 rings (SSSR count). The molecule has 1 saturated heterocycles. The van der Waals surface area contributed by atoms with Gasteiger partial charge in [-0.3, -0.25) is 9.59 Å². The summed E-state index contributed by atoms with van der Waals surface area (Å²) in [5, 5.41) is 0. The highest BCUT2D eigenvalue weighted by Crippen LogP contribution is 2.27. The van der Waals surface area contributed by atoms with E-state index in [9.17, 15) is 18.0 Å². The SMILES string of the molecule is CC(C)CN(C(=O)COC(=O)CC1CCCC1)C1CCS(=O)(=O)C1. The molecule has 0 spiro atoms. The summed E-state index contributed by atoms with van der Waals surface area (Å²) in [6.45, 7) is 4.17. The molecule has 0 N–H and O–H groups in total. The highest BCUT2D eigenvalue weighted by Gasteiger charge is 2.35. The van der Waals surface area contributed by atoms with E-state index < -0.39 is 9.84 Å². The molecule has 24 heavy (non-hydrogen) atoms. The molecule has 1 saturated carbocycles. The quantitative estimate of drug-likeness (QED) is 0.647. The van der Waals surface area contributed by atoms with E-state index >= 15 is 0 Å². The Morgan fingerprint density at radius 1 is 1.17 bits per heavy atom. The van der Waals surface area contributed by atoms with Crippen molar-refractivity contribution in [3.8, 4) is 0 Å². The molecular formula is C17H29NO5S. The van der Waals surface area contributed by atoms with Crippen LogP contribution in [0.4, 0.5) is 0 Å². The Morgan fingerprint density at radius 3 is 2.38 bits per heavy atom. The van der Waals surface area contributed by atoms with Gasteiger partial charge in [0.15, 0.2) is 16.4 Å². The number of nitrogens with zero attached hydrogens (tertiary/aromatic N) is 1. The molecule has 1 aliphatic heterocycles. The average Bonchev–Trinajstić information content (AvgIpc) is 3.11. The van der Waals surface area contributed by atoms with Crippen LogP contribution in [0, 0.1) is 11.8 Å². The van der Waals surface area contributed by atoms with Gasteiger partial charge in [0.05, 0.1) is 11.5 Å². The van der Waals surface area contributed by atoms with E-state index in [1.807, 2.05) is 13.8 Å². The number of carbonyl (C=O) groups is 2. The number of rotatable bonds is 7. The number of amides is 1. The first-order valence-corrected chi connectivity index (χ1v) is 10.7. The van der Waals surface area contributed by atoms with Crippen LogP contribution in [-0.2, 0) is 24.2 Å². The van der Waals surface area contributed by atoms with Gasteiger partial charge < -0.3 is 9.64 Å². The van der Waals surface area contributed by atoms with Crippen LogP contribution >= 0.6 is 0 Å². The van der Waals surface area contributed by atoms with Gasteiger partial charge in [0.25, 0.3) is 5.91 Å². The van der Waals surface area contributed by atoms with E-state index in [0.717, 1.165) is 25.7 Å². The zero-order chi connectivity index (χ0) is 17.7. The molecule has 1 heterocycles. The fraction of sp³-hybridized carbons (Fsp3) is 0.882. The maximum atomic E-state index is 12.5. The highest BCUT2D eigenvalue weighted by molar-refractivity contribution is 7.91. The van der Waals surface area contributed by atoms with Gasteiger partial charge in [-0.05, 0) is 31.1 Å². The average molecular weight is 359 g/mol. The molecule has 0 bridgehead atoms. The van der Waals surface area contributed by atoms with Gasteiger partial charge in [0.2, 0.25) is 0 Å². The number of carbonyl (C=O) groups excluding carboxylic acids is 2. The third kappa shape index (κ3) is 5.76. The number of esters is 1. The molecule has 0 aromatic rings. The molecule has 138 valence electrons. The standard InChI is InChI=1S/C17H29NO5S/c1-13(2)10-18(15-7-8-24(21,22)12-15)16(19)11-23-17(20)9-14-5-3-4-6-14/h13-15H,3-12H2,1-2H3. The molecule has 0 radical (unpaired) electrons. The van der Waals surface area contributed by atoms with Crippen LogP contribution < -0.4 is 0 Å². The summed E-state index contributed by atoms with van der Waals surface area (Å²) in [6, 6.07) is -0.293. The van der Waals surface area contributed by atoms with Crippen molar-refractivity contribution in [2.45, 2.75) is 58.4 Å². The molecule has 1 unspecified atom stereocenters. The van der Waals surface area contributed by atoms with Gasteiger partial charge in [-0.15, -0.1) is 0 Å². The van der Waals surface area contributed by atoms with Crippen molar-refractivity contribution < 1.29 is 22.7 Å². The van der Waals surface area contributed by atoms with Gasteiger partial charge in [-0.25, -0.2) is 8.42 Å². The second kappa shape index (κ2) is 8.32. The first-order valence-electron chi connectivity index (χ1n) is 8.92. The minimum absolute atomic E-state index is 0.0154. The van der Waals surface area contributed by atoms with Gasteiger partial charge >= 0.3 is 5.97 Å². The lowest BCUT2D eigenvalue weighted by molar-refractivity contribution is -0.153. The topological polar surface area (TPSA) is 80.8 Å². The van der Waals surface area contributed by atoms with Crippen molar-refractivity contribution in [3.63, 3.8) is 0 Å². The number of sulfone groups is 1. The van der Waals surface area contributed by atoms with Crippen LogP contribution in [-0.4, -0.2) is 55.9 Å². The van der Waals surface area contributed by atoms with Crippen LogP contribution in [0.1, 0.15) is 52.4 Å². The van der Waals surface area contributed by atoms with Crippen molar-refractivity contribution in [2.75, 3.05) is 24.7 Å². The molecule has 1 amide bonds. The Labute approximate surface area is 144 Å². The lowest BCUT2D eigenvalue weighted by atomic mass is 10.0. The summed E-state index contributed by atoms with van der Waals surface area (Å²) >= 11 is 0. The molecule has 7 heteroatoms. The molecule has 0 aromatic heterocycles. The molecular weight excluding hydrogens is 330 g/mol. The van der Waals surface area contributed by atoms with Gasteiger partial charge in [0.1, 0.15) is 0 Å². The predicted molar refractivity (Wildman–Crippen MR) is 91.1 cm³/mol. The lowest BCUT2D eigenvalue weighted by Crippen LogP contribution is -2.45. The molecule has 6 nitrogen and oxygen atoms in total. The molecule has 2 aliphatic rings. The summed E-state index contributed by atoms with van der Waals surface area (Å²) in [7, 11) is -3.06. The Kier molecular flexibility index (Phi) is 6.66. The predicted octanol–water partition coefficient (Wildman–Crippen LogP) is 1.78. The highest BCUT2D eigenvalue weighted by atomic mass is 32.2. The van der Waals surface area contributed by atoms with Crippen molar-refractivity contribution >= 4 is 21.7 Å². The maximum Gasteiger partial charge on any atom is 0.306 e. The second-order valence-corrected chi connectivity index (χ2v) is 9.74. The minimum atomic E-state index is -3.06. The summed E-state index contributed by atoms with van der Waals surface area (Å²) < 4.78 is 28.5. The van der Waals surface area contributed by atoms with E-state index in [4.69, 9.17) is 4.74 Å². The Hall–Kier alpha value is -1.11.